The average molecular weight is 286 g/mol. The molecule has 0 spiro atoms. The van der Waals surface area contributed by atoms with Gasteiger partial charge in [0, 0.05) is 18.3 Å². The molecule has 0 saturated heterocycles. The fourth-order valence-corrected chi connectivity index (χ4v) is 6.36. The number of hydrogen-bond donors (Lipinski definition) is 0. The van der Waals surface area contributed by atoms with Gasteiger partial charge in [-0.05, 0) is 67.8 Å². The molecule has 21 heavy (non-hydrogen) atoms. The molecule has 0 aromatic heterocycles. The van der Waals surface area contributed by atoms with Gasteiger partial charge in [0.2, 0.25) is 0 Å². The van der Waals surface area contributed by atoms with Crippen molar-refractivity contribution in [3.63, 3.8) is 0 Å². The van der Waals surface area contributed by atoms with E-state index in [1.807, 2.05) is 6.08 Å². The van der Waals surface area contributed by atoms with E-state index in [4.69, 9.17) is 0 Å². The van der Waals surface area contributed by atoms with E-state index < -0.39 is 0 Å². The van der Waals surface area contributed by atoms with Crippen LogP contribution >= 0.6 is 0 Å². The van der Waals surface area contributed by atoms with Gasteiger partial charge < -0.3 is 0 Å². The van der Waals surface area contributed by atoms with Crippen LogP contribution in [0.2, 0.25) is 0 Å². The highest BCUT2D eigenvalue weighted by Crippen LogP contribution is 2.61. The molecule has 4 aliphatic rings. The van der Waals surface area contributed by atoms with Crippen molar-refractivity contribution in [1.29, 1.82) is 0 Å². The van der Waals surface area contributed by atoms with E-state index in [0.29, 0.717) is 35.2 Å². The first kappa shape index (κ1) is 13.7. The van der Waals surface area contributed by atoms with Gasteiger partial charge in [0.15, 0.2) is 5.78 Å². The van der Waals surface area contributed by atoms with Crippen LogP contribution in [0.25, 0.3) is 0 Å². The Morgan fingerprint density at radius 1 is 1.14 bits per heavy atom. The first-order valence-corrected chi connectivity index (χ1v) is 8.77. The second-order valence-electron chi connectivity index (χ2n) is 8.28. The van der Waals surface area contributed by atoms with Crippen LogP contribution in [0, 0.1) is 35.0 Å². The summed E-state index contributed by atoms with van der Waals surface area (Å²) in [6, 6.07) is 0. The normalized spacial score (nSPS) is 49.2. The molecule has 3 fully saturated rings. The van der Waals surface area contributed by atoms with Crippen molar-refractivity contribution < 1.29 is 9.59 Å². The number of hydrogen-bond acceptors (Lipinski definition) is 2. The molecule has 6 unspecified atom stereocenters. The van der Waals surface area contributed by atoms with Crippen LogP contribution in [0.1, 0.15) is 58.8 Å². The molecule has 114 valence electrons. The van der Waals surface area contributed by atoms with Gasteiger partial charge in [-0.3, -0.25) is 9.59 Å². The van der Waals surface area contributed by atoms with Crippen molar-refractivity contribution in [1.82, 2.24) is 0 Å². The molecule has 0 aromatic carbocycles. The Kier molecular flexibility index (Phi) is 2.96. The Morgan fingerprint density at radius 3 is 2.76 bits per heavy atom. The number of carbonyl (C=O) groups excluding carboxylic acids is 2. The maximum absolute atomic E-state index is 12.4. The van der Waals surface area contributed by atoms with Gasteiger partial charge in [-0.25, -0.2) is 0 Å². The van der Waals surface area contributed by atoms with Gasteiger partial charge in [0.05, 0.1) is 0 Å². The second-order valence-corrected chi connectivity index (χ2v) is 8.28. The fraction of sp³-hybridized carbons (Fsp3) is 0.789. The minimum atomic E-state index is -0.0267. The fourth-order valence-electron chi connectivity index (χ4n) is 6.36. The molecule has 4 aliphatic carbocycles. The summed E-state index contributed by atoms with van der Waals surface area (Å²) in [7, 11) is 0. The smallest absolute Gasteiger partial charge is 0.155 e. The molecule has 0 aromatic rings. The quantitative estimate of drug-likeness (QED) is 0.676. The molecule has 0 radical (unpaired) electrons. The standard InChI is InChI=1S/C19H26O2/c1-11-9-12-10-13(20)3-4-14(12)15-7-8-19(2)16(18(11)15)5-6-17(19)21/h10-11,14-16,18H,3-9H2,1-2H3. The molecule has 3 saturated carbocycles. The van der Waals surface area contributed by atoms with E-state index in [1.54, 1.807) is 0 Å². The zero-order valence-corrected chi connectivity index (χ0v) is 13.2. The summed E-state index contributed by atoms with van der Waals surface area (Å²) in [5.41, 5.74) is 1.41. The third kappa shape index (κ3) is 1.83. The third-order valence-electron chi connectivity index (χ3n) is 7.35. The summed E-state index contributed by atoms with van der Waals surface area (Å²) in [5, 5.41) is 0. The summed E-state index contributed by atoms with van der Waals surface area (Å²) in [6.07, 6.45) is 9.08. The van der Waals surface area contributed by atoms with Crippen LogP contribution in [0.5, 0.6) is 0 Å². The van der Waals surface area contributed by atoms with E-state index in [-0.39, 0.29) is 5.41 Å². The molecule has 2 heteroatoms. The monoisotopic (exact) mass is 286 g/mol. The third-order valence-corrected chi connectivity index (χ3v) is 7.35. The Balaban J connectivity index is 1.70. The van der Waals surface area contributed by atoms with E-state index >= 15 is 0 Å². The van der Waals surface area contributed by atoms with Gasteiger partial charge in [-0.2, -0.15) is 0 Å². The Bertz CT molecular complexity index is 532. The lowest BCUT2D eigenvalue weighted by atomic mass is 9.50. The lowest BCUT2D eigenvalue weighted by molar-refractivity contribution is -0.132. The topological polar surface area (TPSA) is 34.1 Å². The van der Waals surface area contributed by atoms with Crippen molar-refractivity contribution in [2.45, 2.75) is 58.8 Å². The van der Waals surface area contributed by atoms with Crippen LogP contribution in [-0.4, -0.2) is 11.6 Å². The zero-order chi connectivity index (χ0) is 14.8. The number of ketones is 2. The van der Waals surface area contributed by atoms with Crippen LogP contribution < -0.4 is 0 Å². The van der Waals surface area contributed by atoms with E-state index in [0.717, 1.165) is 44.4 Å². The largest absolute Gasteiger partial charge is 0.299 e. The molecule has 0 heterocycles. The van der Waals surface area contributed by atoms with Crippen molar-refractivity contribution in [3.8, 4) is 0 Å². The van der Waals surface area contributed by atoms with Gasteiger partial charge in [0.25, 0.3) is 0 Å². The summed E-state index contributed by atoms with van der Waals surface area (Å²) >= 11 is 0. The molecular weight excluding hydrogens is 260 g/mol. The summed E-state index contributed by atoms with van der Waals surface area (Å²) in [6.45, 7) is 4.61. The maximum atomic E-state index is 12.4. The van der Waals surface area contributed by atoms with Crippen LogP contribution in [0.15, 0.2) is 11.6 Å². The highest BCUT2D eigenvalue weighted by atomic mass is 16.1. The summed E-state index contributed by atoms with van der Waals surface area (Å²) in [5.74, 6) is 4.20. The molecule has 0 bridgehead atoms. The molecule has 2 nitrogen and oxygen atoms in total. The number of rotatable bonds is 0. The zero-order valence-electron chi connectivity index (χ0n) is 13.2. The lowest BCUT2D eigenvalue weighted by Gasteiger charge is -2.54. The molecule has 0 aliphatic heterocycles. The second kappa shape index (κ2) is 4.54. The number of carbonyl (C=O) groups is 2. The van der Waals surface area contributed by atoms with Gasteiger partial charge >= 0.3 is 0 Å². The molecule has 0 amide bonds. The Morgan fingerprint density at radius 2 is 1.95 bits per heavy atom. The Hall–Kier alpha value is -0.920. The number of allylic oxidation sites excluding steroid dienone is 1. The number of fused-ring (bicyclic) bond motifs is 5. The van der Waals surface area contributed by atoms with E-state index in [1.165, 1.54) is 12.0 Å². The highest BCUT2D eigenvalue weighted by molar-refractivity contribution is 5.91. The predicted molar refractivity (Wildman–Crippen MR) is 81.6 cm³/mol. The average Bonchev–Trinajstić information content (AvgIpc) is 2.74. The summed E-state index contributed by atoms with van der Waals surface area (Å²) in [4.78, 5) is 24.1. The van der Waals surface area contributed by atoms with Crippen LogP contribution in [-0.2, 0) is 9.59 Å². The van der Waals surface area contributed by atoms with Gasteiger partial charge in [-0.1, -0.05) is 19.4 Å². The highest BCUT2D eigenvalue weighted by Gasteiger charge is 2.57. The molecular formula is C19H26O2. The number of Topliss-reactive ketones (excluding diaryl/α,β-unsaturated/α-hetero) is 1. The molecule has 4 rings (SSSR count). The van der Waals surface area contributed by atoms with Crippen molar-refractivity contribution in [3.05, 3.63) is 11.6 Å². The van der Waals surface area contributed by atoms with Gasteiger partial charge in [0.1, 0.15) is 5.78 Å². The lowest BCUT2D eigenvalue weighted by Crippen LogP contribution is -2.49. The minimum Gasteiger partial charge on any atom is -0.299 e. The van der Waals surface area contributed by atoms with E-state index in [9.17, 15) is 9.59 Å². The van der Waals surface area contributed by atoms with E-state index in [2.05, 4.69) is 13.8 Å². The Labute approximate surface area is 127 Å². The van der Waals surface area contributed by atoms with Crippen molar-refractivity contribution >= 4 is 11.6 Å². The molecule has 6 atom stereocenters. The first-order valence-electron chi connectivity index (χ1n) is 8.77. The predicted octanol–water partition coefficient (Wildman–Crippen LogP) is 3.94. The summed E-state index contributed by atoms with van der Waals surface area (Å²) < 4.78 is 0. The van der Waals surface area contributed by atoms with Crippen LogP contribution in [0.4, 0.5) is 0 Å². The SMILES string of the molecule is CC1CC2=CC(=O)CCC2C2CCC3(C)C(=O)CCC3C12. The first-order chi connectivity index (χ1) is 10.0. The van der Waals surface area contributed by atoms with Crippen LogP contribution in [0.3, 0.4) is 0 Å². The van der Waals surface area contributed by atoms with Crippen molar-refractivity contribution in [2.24, 2.45) is 35.0 Å². The minimum absolute atomic E-state index is 0.0267. The molecule has 0 N–H and O–H groups in total. The maximum Gasteiger partial charge on any atom is 0.155 e. The van der Waals surface area contributed by atoms with Gasteiger partial charge in [-0.15, -0.1) is 0 Å². The van der Waals surface area contributed by atoms with Crippen molar-refractivity contribution in [2.75, 3.05) is 0 Å².